The molecule has 0 bridgehead atoms. The van der Waals surface area contributed by atoms with Crippen molar-refractivity contribution < 1.29 is 31.5 Å². The van der Waals surface area contributed by atoms with Gasteiger partial charge >= 0.3 is 12.1 Å². The summed E-state index contributed by atoms with van der Waals surface area (Å²) in [5, 5.41) is 13.3. The normalized spacial score (nSPS) is 12.2. The molecule has 0 spiro atoms. The second kappa shape index (κ2) is 5.29. The van der Waals surface area contributed by atoms with Crippen LogP contribution >= 0.6 is 0 Å². The fourth-order valence-corrected chi connectivity index (χ4v) is 2.26. The van der Waals surface area contributed by atoms with Crippen molar-refractivity contribution >= 4 is 21.7 Å². The summed E-state index contributed by atoms with van der Waals surface area (Å²) in [7, 11) is -3.27. The third-order valence-corrected chi connectivity index (χ3v) is 3.36. The molecule has 1 aromatic rings. The number of rotatable bonds is 4. The molecule has 0 aromatic heterocycles. The van der Waals surface area contributed by atoms with E-state index in [0.29, 0.717) is 12.1 Å². The molecule has 10 heteroatoms. The number of alkyl halides is 3. The molecule has 0 heterocycles. The van der Waals surface area contributed by atoms with Gasteiger partial charge in [0.25, 0.3) is 0 Å². The van der Waals surface area contributed by atoms with Gasteiger partial charge in [-0.1, -0.05) is 0 Å². The van der Waals surface area contributed by atoms with Crippen LogP contribution in [0.1, 0.15) is 5.56 Å². The maximum Gasteiger partial charge on any atom is 0.417 e. The molecule has 0 fully saturated rings. The van der Waals surface area contributed by atoms with Gasteiger partial charge in [0.2, 0.25) is 10.0 Å². The Balaban J connectivity index is 3.40. The number of aliphatic carboxylic acids is 1. The molecule has 0 saturated carbocycles. The van der Waals surface area contributed by atoms with Crippen molar-refractivity contribution in [2.24, 2.45) is 5.14 Å². The number of hydrogen-bond acceptors (Lipinski definition) is 4. The van der Waals surface area contributed by atoms with Crippen LogP contribution in [-0.4, -0.2) is 33.1 Å². The zero-order valence-electron chi connectivity index (χ0n) is 10.2. The highest BCUT2D eigenvalue weighted by Crippen LogP contribution is 2.36. The summed E-state index contributed by atoms with van der Waals surface area (Å²) in [6.45, 7) is -0.536. The molecule has 1 rings (SSSR count). The van der Waals surface area contributed by atoms with Gasteiger partial charge in [0.1, 0.15) is 6.54 Å². The van der Waals surface area contributed by atoms with Crippen LogP contribution in [0.2, 0.25) is 0 Å². The number of carboxylic acids is 1. The first-order chi connectivity index (χ1) is 8.93. The Morgan fingerprint density at radius 3 is 2.35 bits per heavy atom. The van der Waals surface area contributed by atoms with E-state index in [-0.39, 0.29) is 5.69 Å². The van der Waals surface area contributed by atoms with Crippen molar-refractivity contribution in [3.05, 3.63) is 23.8 Å². The topological polar surface area (TPSA) is 101 Å². The highest BCUT2D eigenvalue weighted by Gasteiger charge is 2.36. The van der Waals surface area contributed by atoms with E-state index in [1.165, 1.54) is 7.05 Å². The van der Waals surface area contributed by atoms with Gasteiger partial charge < -0.3 is 10.0 Å². The van der Waals surface area contributed by atoms with Gasteiger partial charge in [0.05, 0.1) is 10.5 Å². The fraction of sp³-hybridized carbons (Fsp3) is 0.300. The molecule has 0 amide bonds. The third kappa shape index (κ3) is 3.84. The van der Waals surface area contributed by atoms with Gasteiger partial charge in [-0.2, -0.15) is 13.2 Å². The average Bonchev–Trinajstić information content (AvgIpc) is 2.24. The standard InChI is InChI=1S/C10H11F3N2O4S/c1-15(5-9(16)17)6-2-3-8(20(14,18)19)7(4-6)10(11,12)13/h2-4H,5H2,1H3,(H,16,17)(H2,14,18,19). The lowest BCUT2D eigenvalue weighted by molar-refractivity contribution is -0.139. The predicted molar refractivity (Wildman–Crippen MR) is 63.7 cm³/mol. The Bertz CT molecular complexity index is 628. The SMILES string of the molecule is CN(CC(=O)O)c1ccc(S(N)(=O)=O)c(C(F)(F)F)c1. The van der Waals surface area contributed by atoms with E-state index < -0.39 is 39.2 Å². The minimum absolute atomic E-state index is 0.0906. The number of primary sulfonamides is 1. The van der Waals surface area contributed by atoms with E-state index in [1.807, 2.05) is 0 Å². The Morgan fingerprint density at radius 1 is 1.40 bits per heavy atom. The fourth-order valence-electron chi connectivity index (χ4n) is 1.52. The highest BCUT2D eigenvalue weighted by molar-refractivity contribution is 7.89. The smallest absolute Gasteiger partial charge is 0.417 e. The summed E-state index contributed by atoms with van der Waals surface area (Å²) >= 11 is 0. The van der Waals surface area contributed by atoms with Crippen molar-refractivity contribution in [2.75, 3.05) is 18.5 Å². The Labute approximate surface area is 112 Å². The number of likely N-dealkylation sites (N-methyl/N-ethyl adjacent to an activating group) is 1. The second-order valence-corrected chi connectivity index (χ2v) is 5.50. The number of nitrogens with two attached hydrogens (primary N) is 1. The van der Waals surface area contributed by atoms with Crippen molar-refractivity contribution in [1.29, 1.82) is 0 Å². The van der Waals surface area contributed by atoms with Crippen LogP contribution in [0.5, 0.6) is 0 Å². The lowest BCUT2D eigenvalue weighted by Gasteiger charge is -2.19. The minimum Gasteiger partial charge on any atom is -0.480 e. The van der Waals surface area contributed by atoms with Crippen LogP contribution in [0.4, 0.5) is 18.9 Å². The molecule has 0 saturated heterocycles. The minimum atomic E-state index is -4.93. The van der Waals surface area contributed by atoms with Crippen LogP contribution in [-0.2, 0) is 21.0 Å². The summed E-state index contributed by atoms with van der Waals surface area (Å²) in [6.07, 6.45) is -4.93. The molecule has 0 aliphatic heterocycles. The Hall–Kier alpha value is -1.81. The summed E-state index contributed by atoms with van der Waals surface area (Å²) < 4.78 is 60.7. The lowest BCUT2D eigenvalue weighted by Crippen LogP contribution is -2.26. The van der Waals surface area contributed by atoms with Crippen LogP contribution in [0.3, 0.4) is 0 Å². The molecule has 0 radical (unpaired) electrons. The van der Waals surface area contributed by atoms with E-state index in [2.05, 4.69) is 0 Å². The van der Waals surface area contributed by atoms with Crippen molar-refractivity contribution in [3.8, 4) is 0 Å². The molecule has 1 aromatic carbocycles. The zero-order valence-corrected chi connectivity index (χ0v) is 11.0. The van der Waals surface area contributed by atoms with Crippen molar-refractivity contribution in [2.45, 2.75) is 11.1 Å². The number of anilines is 1. The van der Waals surface area contributed by atoms with E-state index in [4.69, 9.17) is 10.2 Å². The number of halogens is 3. The van der Waals surface area contributed by atoms with E-state index in [1.54, 1.807) is 0 Å². The van der Waals surface area contributed by atoms with Gasteiger partial charge in [-0.25, -0.2) is 13.6 Å². The first kappa shape index (κ1) is 16.2. The summed E-state index contributed by atoms with van der Waals surface area (Å²) in [6, 6.07) is 2.30. The van der Waals surface area contributed by atoms with Gasteiger partial charge in [0.15, 0.2) is 0 Å². The van der Waals surface area contributed by atoms with E-state index in [0.717, 1.165) is 11.0 Å². The van der Waals surface area contributed by atoms with Crippen LogP contribution in [0.25, 0.3) is 0 Å². The number of carboxylic acid groups (broad SMARTS) is 1. The molecule has 6 nitrogen and oxygen atoms in total. The molecular weight excluding hydrogens is 301 g/mol. The molecule has 0 aliphatic rings. The van der Waals surface area contributed by atoms with E-state index in [9.17, 15) is 26.4 Å². The number of hydrogen-bond donors (Lipinski definition) is 2. The van der Waals surface area contributed by atoms with Crippen molar-refractivity contribution in [1.82, 2.24) is 0 Å². The Morgan fingerprint density at radius 2 is 1.95 bits per heavy atom. The molecule has 0 atom stereocenters. The molecule has 112 valence electrons. The van der Waals surface area contributed by atoms with Gasteiger partial charge in [-0.15, -0.1) is 0 Å². The maximum atomic E-state index is 12.8. The Kier molecular flexibility index (Phi) is 4.30. The van der Waals surface area contributed by atoms with Gasteiger partial charge in [-0.05, 0) is 18.2 Å². The largest absolute Gasteiger partial charge is 0.480 e. The summed E-state index contributed by atoms with van der Waals surface area (Å²) in [4.78, 5) is 10.5. The average molecular weight is 312 g/mol. The second-order valence-electron chi connectivity index (χ2n) is 3.97. The quantitative estimate of drug-likeness (QED) is 0.859. The molecule has 0 aliphatic carbocycles. The monoisotopic (exact) mass is 312 g/mol. The van der Waals surface area contributed by atoms with E-state index >= 15 is 0 Å². The number of benzene rings is 1. The predicted octanol–water partition coefficient (Wildman–Crippen LogP) is 0.874. The third-order valence-electron chi connectivity index (χ3n) is 2.39. The summed E-state index contributed by atoms with van der Waals surface area (Å²) in [5.41, 5.74) is -1.53. The van der Waals surface area contributed by atoms with Crippen LogP contribution < -0.4 is 10.0 Å². The summed E-state index contributed by atoms with van der Waals surface area (Å²) in [5.74, 6) is -1.24. The molecular formula is C10H11F3N2O4S. The van der Waals surface area contributed by atoms with Crippen molar-refractivity contribution in [3.63, 3.8) is 0 Å². The molecule has 20 heavy (non-hydrogen) atoms. The number of nitrogens with zero attached hydrogens (tertiary/aromatic N) is 1. The van der Waals surface area contributed by atoms with Crippen LogP contribution in [0, 0.1) is 0 Å². The highest BCUT2D eigenvalue weighted by atomic mass is 32.2. The van der Waals surface area contributed by atoms with Gasteiger partial charge in [0, 0.05) is 12.7 Å². The zero-order chi connectivity index (χ0) is 15.7. The first-order valence-corrected chi connectivity index (χ1v) is 6.64. The lowest BCUT2D eigenvalue weighted by atomic mass is 10.2. The number of carbonyl (C=O) groups is 1. The maximum absolute atomic E-state index is 12.8. The first-order valence-electron chi connectivity index (χ1n) is 5.10. The molecule has 0 unspecified atom stereocenters. The van der Waals surface area contributed by atoms with Gasteiger partial charge in [-0.3, -0.25) is 4.79 Å². The number of sulfonamides is 1. The van der Waals surface area contributed by atoms with Crippen LogP contribution in [0.15, 0.2) is 23.1 Å². The molecule has 3 N–H and O–H groups in total.